The minimum Gasteiger partial charge on any atom is -0.474 e. The number of halogens is 5. The molecule has 10 heteroatoms. The number of aliphatic carboxylic acids is 1. The number of alkyl halides is 5. The van der Waals surface area contributed by atoms with Crippen LogP contribution in [0.15, 0.2) is 42.6 Å². The van der Waals surface area contributed by atoms with Gasteiger partial charge in [-0.05, 0) is 30.3 Å². The Labute approximate surface area is 131 Å². The number of hydrogen-bond acceptors (Lipinski definition) is 4. The van der Waals surface area contributed by atoms with E-state index in [0.29, 0.717) is 6.20 Å². The van der Waals surface area contributed by atoms with Crippen molar-refractivity contribution in [2.24, 2.45) is 0 Å². The SMILES string of the molecule is O=C(O)C(F)(F)Oc1ccc(Oc2ccc(C(F)(F)F)cn2)cc1. The molecule has 1 aromatic heterocycles. The zero-order valence-corrected chi connectivity index (χ0v) is 11.6. The van der Waals surface area contributed by atoms with E-state index in [0.717, 1.165) is 36.4 Å². The monoisotopic (exact) mass is 349 g/mol. The second-order valence-corrected chi connectivity index (χ2v) is 4.38. The van der Waals surface area contributed by atoms with Gasteiger partial charge in [0, 0.05) is 12.3 Å². The van der Waals surface area contributed by atoms with Crippen LogP contribution in [-0.2, 0) is 11.0 Å². The lowest BCUT2D eigenvalue weighted by molar-refractivity contribution is -0.210. The topological polar surface area (TPSA) is 68.7 Å². The molecule has 0 aliphatic rings. The van der Waals surface area contributed by atoms with E-state index >= 15 is 0 Å². The molecule has 0 radical (unpaired) electrons. The highest BCUT2D eigenvalue weighted by atomic mass is 19.4. The molecule has 0 unspecified atom stereocenters. The summed E-state index contributed by atoms with van der Waals surface area (Å²) in [5, 5.41) is 8.24. The van der Waals surface area contributed by atoms with E-state index in [1.165, 1.54) is 0 Å². The molecule has 0 saturated carbocycles. The van der Waals surface area contributed by atoms with Crippen molar-refractivity contribution >= 4 is 5.97 Å². The van der Waals surface area contributed by atoms with Gasteiger partial charge in [0.15, 0.2) is 0 Å². The van der Waals surface area contributed by atoms with Crippen molar-refractivity contribution in [1.82, 2.24) is 4.98 Å². The van der Waals surface area contributed by atoms with Gasteiger partial charge >= 0.3 is 18.3 Å². The highest BCUT2D eigenvalue weighted by Crippen LogP contribution is 2.30. The summed E-state index contributed by atoms with van der Waals surface area (Å²) in [5.41, 5.74) is -0.950. The molecule has 1 heterocycles. The lowest BCUT2D eigenvalue weighted by atomic mass is 10.3. The lowest BCUT2D eigenvalue weighted by Crippen LogP contribution is -2.34. The molecule has 0 spiro atoms. The molecule has 5 nitrogen and oxygen atoms in total. The number of carboxylic acids is 1. The van der Waals surface area contributed by atoms with Gasteiger partial charge < -0.3 is 14.6 Å². The van der Waals surface area contributed by atoms with Gasteiger partial charge in [0.05, 0.1) is 5.56 Å². The minimum atomic E-state index is -4.53. The summed E-state index contributed by atoms with van der Waals surface area (Å²) in [4.78, 5) is 13.7. The van der Waals surface area contributed by atoms with Gasteiger partial charge in [-0.25, -0.2) is 9.78 Å². The molecular weight excluding hydrogens is 341 g/mol. The van der Waals surface area contributed by atoms with Crippen LogP contribution in [0.2, 0.25) is 0 Å². The molecule has 2 rings (SSSR count). The number of benzene rings is 1. The Balaban J connectivity index is 2.05. The van der Waals surface area contributed by atoms with Crippen LogP contribution in [-0.4, -0.2) is 22.2 Å². The van der Waals surface area contributed by atoms with Crippen molar-refractivity contribution in [3.63, 3.8) is 0 Å². The standard InChI is InChI=1S/C14H8F5NO4/c15-13(16,17)8-1-6-11(20-7-8)23-9-2-4-10(5-3-9)24-14(18,19)12(21)22/h1-7H,(H,21,22). The number of ether oxygens (including phenoxy) is 2. The van der Waals surface area contributed by atoms with E-state index in [1.54, 1.807) is 0 Å². The molecule has 1 N–H and O–H groups in total. The molecule has 0 fully saturated rings. The number of nitrogens with zero attached hydrogens (tertiary/aromatic N) is 1. The van der Waals surface area contributed by atoms with Crippen molar-refractivity contribution in [2.75, 3.05) is 0 Å². The predicted molar refractivity (Wildman–Crippen MR) is 69.0 cm³/mol. The van der Waals surface area contributed by atoms with Crippen LogP contribution in [0.1, 0.15) is 5.56 Å². The van der Waals surface area contributed by atoms with Gasteiger partial charge in [-0.1, -0.05) is 0 Å². The summed E-state index contributed by atoms with van der Waals surface area (Å²) >= 11 is 0. The third-order valence-electron chi connectivity index (χ3n) is 2.60. The lowest BCUT2D eigenvalue weighted by Gasteiger charge is -2.13. The van der Waals surface area contributed by atoms with Crippen molar-refractivity contribution in [3.05, 3.63) is 48.2 Å². The fraction of sp³-hybridized carbons (Fsp3) is 0.143. The molecule has 0 atom stereocenters. The maximum absolute atomic E-state index is 12.9. The first-order valence-electron chi connectivity index (χ1n) is 6.19. The Hall–Kier alpha value is -2.91. The van der Waals surface area contributed by atoms with Crippen LogP contribution in [0, 0.1) is 0 Å². The van der Waals surface area contributed by atoms with Crippen molar-refractivity contribution in [2.45, 2.75) is 12.3 Å². The number of hydrogen-bond donors (Lipinski definition) is 1. The smallest absolute Gasteiger partial charge is 0.474 e. The highest BCUT2D eigenvalue weighted by molar-refractivity contribution is 5.73. The largest absolute Gasteiger partial charge is 0.501 e. The normalized spacial score (nSPS) is 11.9. The Kier molecular flexibility index (Phi) is 4.58. The van der Waals surface area contributed by atoms with Gasteiger partial charge in [0.1, 0.15) is 11.5 Å². The molecular formula is C14H8F5NO4. The second-order valence-electron chi connectivity index (χ2n) is 4.38. The summed E-state index contributed by atoms with van der Waals surface area (Å²) in [6.07, 6.45) is -8.34. The Morgan fingerprint density at radius 3 is 2.00 bits per heavy atom. The summed E-state index contributed by atoms with van der Waals surface area (Å²) in [6, 6.07) is 6.10. The summed E-state index contributed by atoms with van der Waals surface area (Å²) in [6.45, 7) is 0. The molecule has 0 aliphatic carbocycles. The fourth-order valence-electron chi connectivity index (χ4n) is 1.50. The van der Waals surface area contributed by atoms with E-state index in [-0.39, 0.29) is 11.6 Å². The van der Waals surface area contributed by atoms with Gasteiger partial charge in [-0.15, -0.1) is 0 Å². The van der Waals surface area contributed by atoms with E-state index < -0.39 is 29.6 Å². The van der Waals surface area contributed by atoms with E-state index in [4.69, 9.17) is 9.84 Å². The number of aromatic nitrogens is 1. The van der Waals surface area contributed by atoms with Crippen molar-refractivity contribution in [1.29, 1.82) is 0 Å². The molecule has 0 saturated heterocycles. The minimum absolute atomic E-state index is 0.0771. The van der Waals surface area contributed by atoms with E-state index in [1.807, 2.05) is 0 Å². The zero-order chi connectivity index (χ0) is 18.0. The van der Waals surface area contributed by atoms with Crippen molar-refractivity contribution in [3.8, 4) is 17.4 Å². The molecule has 1 aromatic carbocycles. The number of pyridine rings is 1. The average molecular weight is 349 g/mol. The molecule has 128 valence electrons. The third kappa shape index (κ3) is 4.31. The summed E-state index contributed by atoms with van der Waals surface area (Å²) < 4.78 is 72.0. The van der Waals surface area contributed by atoms with Crippen LogP contribution in [0.25, 0.3) is 0 Å². The fourth-order valence-corrected chi connectivity index (χ4v) is 1.50. The molecule has 0 bridgehead atoms. The quantitative estimate of drug-likeness (QED) is 0.828. The highest BCUT2D eigenvalue weighted by Gasteiger charge is 2.42. The maximum atomic E-state index is 12.9. The molecule has 24 heavy (non-hydrogen) atoms. The average Bonchev–Trinajstić information content (AvgIpc) is 2.48. The number of carbonyl (C=O) groups is 1. The Morgan fingerprint density at radius 2 is 1.54 bits per heavy atom. The summed E-state index contributed by atoms with van der Waals surface area (Å²) in [5.74, 6) is -2.95. The first-order chi connectivity index (χ1) is 11.1. The Bertz CT molecular complexity index is 713. The van der Waals surface area contributed by atoms with Gasteiger partial charge in [0.2, 0.25) is 5.88 Å². The van der Waals surface area contributed by atoms with Crippen LogP contribution in [0.5, 0.6) is 17.4 Å². The van der Waals surface area contributed by atoms with Gasteiger partial charge in [0.25, 0.3) is 0 Å². The zero-order valence-electron chi connectivity index (χ0n) is 11.6. The second kappa shape index (κ2) is 6.30. The van der Waals surface area contributed by atoms with Crippen LogP contribution >= 0.6 is 0 Å². The van der Waals surface area contributed by atoms with Gasteiger partial charge in [-0.2, -0.15) is 22.0 Å². The van der Waals surface area contributed by atoms with Gasteiger partial charge in [-0.3, -0.25) is 0 Å². The maximum Gasteiger partial charge on any atom is 0.501 e. The van der Waals surface area contributed by atoms with E-state index in [2.05, 4.69) is 9.72 Å². The first kappa shape index (κ1) is 17.4. The predicted octanol–water partition coefficient (Wildman–Crippen LogP) is 3.95. The van der Waals surface area contributed by atoms with Crippen molar-refractivity contribution < 1.29 is 41.3 Å². The summed E-state index contributed by atoms with van der Waals surface area (Å²) in [7, 11) is 0. The van der Waals surface area contributed by atoms with Crippen LogP contribution < -0.4 is 9.47 Å². The molecule has 0 aliphatic heterocycles. The van der Waals surface area contributed by atoms with Crippen LogP contribution in [0.3, 0.4) is 0 Å². The molecule has 2 aromatic rings. The van der Waals surface area contributed by atoms with Crippen LogP contribution in [0.4, 0.5) is 22.0 Å². The van der Waals surface area contributed by atoms with E-state index in [9.17, 15) is 26.7 Å². The third-order valence-corrected chi connectivity index (χ3v) is 2.60. The molecule has 0 amide bonds. The first-order valence-corrected chi connectivity index (χ1v) is 6.19. The number of carboxylic acid groups (broad SMARTS) is 1. The Morgan fingerprint density at radius 1 is 0.958 bits per heavy atom. The number of rotatable bonds is 5.